The monoisotopic (exact) mass is 289 g/mol. The van der Waals surface area contributed by atoms with Gasteiger partial charge in [0.15, 0.2) is 0 Å². The Morgan fingerprint density at radius 3 is 2.86 bits per heavy atom. The van der Waals surface area contributed by atoms with E-state index in [1.807, 2.05) is 24.3 Å². The van der Waals surface area contributed by atoms with E-state index in [-0.39, 0.29) is 11.8 Å². The number of rotatable bonds is 3. The van der Waals surface area contributed by atoms with Crippen LogP contribution < -0.4 is 15.5 Å². The van der Waals surface area contributed by atoms with E-state index in [4.69, 9.17) is 4.74 Å². The lowest BCUT2D eigenvalue weighted by Gasteiger charge is -2.29. The van der Waals surface area contributed by atoms with E-state index in [0.29, 0.717) is 12.8 Å². The molecule has 6 nitrogen and oxygen atoms in total. The van der Waals surface area contributed by atoms with Gasteiger partial charge in [0.05, 0.1) is 13.2 Å². The molecule has 2 N–H and O–H groups in total. The number of hydrogen-bond donors (Lipinski definition) is 2. The Hall–Kier alpha value is -2.08. The van der Waals surface area contributed by atoms with Crippen LogP contribution in [-0.2, 0) is 14.3 Å². The van der Waals surface area contributed by atoms with Crippen LogP contribution in [0.15, 0.2) is 24.3 Å². The Labute approximate surface area is 123 Å². The Morgan fingerprint density at radius 2 is 2.14 bits per heavy atom. The van der Waals surface area contributed by atoms with E-state index < -0.39 is 6.04 Å². The lowest BCUT2D eigenvalue weighted by atomic mass is 10.2. The van der Waals surface area contributed by atoms with Gasteiger partial charge in [-0.3, -0.25) is 9.59 Å². The molecule has 1 aromatic rings. The maximum Gasteiger partial charge on any atom is 0.246 e. The number of amides is 2. The van der Waals surface area contributed by atoms with Crippen molar-refractivity contribution in [2.45, 2.75) is 18.9 Å². The van der Waals surface area contributed by atoms with Gasteiger partial charge in [0.1, 0.15) is 6.04 Å². The molecule has 2 heterocycles. The van der Waals surface area contributed by atoms with Crippen molar-refractivity contribution in [3.05, 3.63) is 24.3 Å². The summed E-state index contributed by atoms with van der Waals surface area (Å²) in [5, 5.41) is 5.55. The van der Waals surface area contributed by atoms with Gasteiger partial charge in [-0.2, -0.15) is 0 Å². The highest BCUT2D eigenvalue weighted by atomic mass is 16.5. The molecule has 3 rings (SSSR count). The first-order valence-electron chi connectivity index (χ1n) is 7.25. The van der Waals surface area contributed by atoms with E-state index in [9.17, 15) is 9.59 Å². The fourth-order valence-electron chi connectivity index (χ4n) is 2.64. The lowest BCUT2D eigenvalue weighted by Crippen LogP contribution is -2.37. The van der Waals surface area contributed by atoms with Gasteiger partial charge in [0.2, 0.25) is 11.8 Å². The Bertz CT molecular complexity index is 541. The van der Waals surface area contributed by atoms with E-state index in [2.05, 4.69) is 15.5 Å². The molecule has 1 aromatic carbocycles. The van der Waals surface area contributed by atoms with Crippen LogP contribution in [0.4, 0.5) is 11.4 Å². The van der Waals surface area contributed by atoms with Gasteiger partial charge in [-0.05, 0) is 24.6 Å². The minimum absolute atomic E-state index is 0.0581. The van der Waals surface area contributed by atoms with E-state index >= 15 is 0 Å². The van der Waals surface area contributed by atoms with Crippen LogP contribution in [0.1, 0.15) is 12.8 Å². The first kappa shape index (κ1) is 13.9. The van der Waals surface area contributed by atoms with Gasteiger partial charge in [-0.1, -0.05) is 6.07 Å². The molecule has 6 heteroatoms. The van der Waals surface area contributed by atoms with Crippen molar-refractivity contribution in [1.82, 2.24) is 5.32 Å². The maximum atomic E-state index is 12.1. The molecule has 2 aliphatic rings. The van der Waals surface area contributed by atoms with Crippen LogP contribution >= 0.6 is 0 Å². The van der Waals surface area contributed by atoms with Gasteiger partial charge in [-0.15, -0.1) is 0 Å². The van der Waals surface area contributed by atoms with Crippen LogP contribution in [0.2, 0.25) is 0 Å². The van der Waals surface area contributed by atoms with E-state index in [1.54, 1.807) is 0 Å². The molecule has 0 bridgehead atoms. The SMILES string of the molecule is O=C1CCC(C(=O)Nc2cccc(N3CCOCC3)c2)N1. The maximum absolute atomic E-state index is 12.1. The van der Waals surface area contributed by atoms with Crippen molar-refractivity contribution in [3.63, 3.8) is 0 Å². The molecule has 1 atom stereocenters. The van der Waals surface area contributed by atoms with Gasteiger partial charge in [0, 0.05) is 30.9 Å². The molecule has 2 saturated heterocycles. The fraction of sp³-hybridized carbons (Fsp3) is 0.467. The van der Waals surface area contributed by atoms with Crippen molar-refractivity contribution in [2.24, 2.45) is 0 Å². The minimum Gasteiger partial charge on any atom is -0.378 e. The zero-order chi connectivity index (χ0) is 14.7. The summed E-state index contributed by atoms with van der Waals surface area (Å²) < 4.78 is 5.34. The van der Waals surface area contributed by atoms with Gasteiger partial charge >= 0.3 is 0 Å². The Balaban J connectivity index is 1.65. The summed E-state index contributed by atoms with van der Waals surface area (Å²) in [4.78, 5) is 25.5. The second-order valence-electron chi connectivity index (χ2n) is 5.30. The minimum atomic E-state index is -0.412. The number of ether oxygens (including phenoxy) is 1. The number of carbonyl (C=O) groups excluding carboxylic acids is 2. The van der Waals surface area contributed by atoms with Crippen molar-refractivity contribution in [1.29, 1.82) is 0 Å². The van der Waals surface area contributed by atoms with Crippen molar-refractivity contribution < 1.29 is 14.3 Å². The number of benzene rings is 1. The average molecular weight is 289 g/mol. The molecule has 21 heavy (non-hydrogen) atoms. The van der Waals surface area contributed by atoms with Gasteiger partial charge < -0.3 is 20.3 Å². The summed E-state index contributed by atoms with van der Waals surface area (Å²) in [5.74, 6) is -0.211. The first-order valence-corrected chi connectivity index (χ1v) is 7.25. The third-order valence-corrected chi connectivity index (χ3v) is 3.80. The van der Waals surface area contributed by atoms with Crippen molar-refractivity contribution >= 4 is 23.2 Å². The zero-order valence-electron chi connectivity index (χ0n) is 11.8. The molecular weight excluding hydrogens is 270 g/mol. The van der Waals surface area contributed by atoms with Crippen molar-refractivity contribution in [2.75, 3.05) is 36.5 Å². The van der Waals surface area contributed by atoms with Crippen LogP contribution in [-0.4, -0.2) is 44.2 Å². The van der Waals surface area contributed by atoms with Crippen LogP contribution in [0.5, 0.6) is 0 Å². The zero-order valence-corrected chi connectivity index (χ0v) is 11.8. The molecule has 0 aliphatic carbocycles. The standard InChI is InChI=1S/C15H19N3O3/c19-14-5-4-13(17-14)15(20)16-11-2-1-3-12(10-11)18-6-8-21-9-7-18/h1-3,10,13H,4-9H2,(H,16,20)(H,17,19). The van der Waals surface area contributed by atoms with Gasteiger partial charge in [0.25, 0.3) is 0 Å². The molecule has 2 fully saturated rings. The molecule has 2 amide bonds. The predicted octanol–water partition coefficient (Wildman–Crippen LogP) is 0.740. The summed E-state index contributed by atoms with van der Waals surface area (Å²) >= 11 is 0. The highest BCUT2D eigenvalue weighted by Gasteiger charge is 2.27. The average Bonchev–Trinajstić information content (AvgIpc) is 2.95. The normalized spacial score (nSPS) is 22.0. The number of nitrogens with zero attached hydrogens (tertiary/aromatic N) is 1. The lowest BCUT2D eigenvalue weighted by molar-refractivity contribution is -0.122. The second-order valence-corrected chi connectivity index (χ2v) is 5.30. The molecule has 0 aromatic heterocycles. The molecule has 0 spiro atoms. The summed E-state index contributed by atoms with van der Waals surface area (Å²) in [6, 6.07) is 7.36. The molecular formula is C15H19N3O3. The number of carbonyl (C=O) groups is 2. The number of hydrogen-bond acceptors (Lipinski definition) is 4. The third-order valence-electron chi connectivity index (χ3n) is 3.80. The third kappa shape index (κ3) is 3.33. The molecule has 2 aliphatic heterocycles. The Morgan fingerprint density at radius 1 is 1.33 bits per heavy atom. The van der Waals surface area contributed by atoms with Crippen LogP contribution in [0.25, 0.3) is 0 Å². The molecule has 0 radical (unpaired) electrons. The van der Waals surface area contributed by atoms with Crippen LogP contribution in [0.3, 0.4) is 0 Å². The smallest absolute Gasteiger partial charge is 0.246 e. The molecule has 0 saturated carbocycles. The number of morpholine rings is 1. The molecule has 112 valence electrons. The number of anilines is 2. The highest BCUT2D eigenvalue weighted by Crippen LogP contribution is 2.21. The van der Waals surface area contributed by atoms with Gasteiger partial charge in [-0.25, -0.2) is 0 Å². The predicted molar refractivity (Wildman–Crippen MR) is 79.3 cm³/mol. The largest absolute Gasteiger partial charge is 0.378 e. The summed E-state index contributed by atoms with van der Waals surface area (Å²) in [6.07, 6.45) is 0.986. The summed E-state index contributed by atoms with van der Waals surface area (Å²) in [5.41, 5.74) is 1.83. The Kier molecular flexibility index (Phi) is 4.06. The van der Waals surface area contributed by atoms with Crippen molar-refractivity contribution in [3.8, 4) is 0 Å². The second kappa shape index (κ2) is 6.13. The van der Waals surface area contributed by atoms with E-state index in [1.165, 1.54) is 0 Å². The summed E-state index contributed by atoms with van der Waals surface area (Å²) in [6.45, 7) is 3.17. The summed E-state index contributed by atoms with van der Waals surface area (Å²) in [7, 11) is 0. The highest BCUT2D eigenvalue weighted by molar-refractivity contribution is 5.99. The van der Waals surface area contributed by atoms with Crippen LogP contribution in [0, 0.1) is 0 Å². The number of nitrogens with one attached hydrogen (secondary N) is 2. The fourth-order valence-corrected chi connectivity index (χ4v) is 2.64. The van der Waals surface area contributed by atoms with E-state index in [0.717, 1.165) is 37.7 Å². The first-order chi connectivity index (χ1) is 10.2. The topological polar surface area (TPSA) is 70.7 Å². The molecule has 1 unspecified atom stereocenters. The quantitative estimate of drug-likeness (QED) is 0.861.